The van der Waals surface area contributed by atoms with Crippen LogP contribution in [-0.4, -0.2) is 33.7 Å². The van der Waals surface area contributed by atoms with Gasteiger partial charge in [-0.2, -0.15) is 0 Å². The minimum Gasteiger partial charge on any atom is -0.454 e. The molecule has 8 heteroatoms. The van der Waals surface area contributed by atoms with E-state index in [0.717, 1.165) is 16.5 Å². The molecule has 2 aromatic rings. The minimum atomic E-state index is -0.0714. The number of amides is 1. The Balaban J connectivity index is 1.61. The molecule has 2 heterocycles. The van der Waals surface area contributed by atoms with E-state index >= 15 is 0 Å². The number of benzene rings is 1. The lowest BCUT2D eigenvalue weighted by molar-refractivity contribution is -0.120. The third kappa shape index (κ3) is 3.48. The van der Waals surface area contributed by atoms with Gasteiger partial charge in [-0.25, -0.2) is 0 Å². The molecule has 0 saturated carbocycles. The summed E-state index contributed by atoms with van der Waals surface area (Å²) in [6.07, 6.45) is 2.24. The number of ether oxygens (including phenoxy) is 2. The molecule has 7 nitrogen and oxygen atoms in total. The van der Waals surface area contributed by atoms with Crippen molar-refractivity contribution in [1.82, 2.24) is 20.1 Å². The number of hydrogen-bond donors (Lipinski definition) is 1. The van der Waals surface area contributed by atoms with Crippen LogP contribution in [0.2, 0.25) is 0 Å². The summed E-state index contributed by atoms with van der Waals surface area (Å²) in [5, 5.41) is 12.1. The summed E-state index contributed by atoms with van der Waals surface area (Å²) in [5.41, 5.74) is 0.881. The van der Waals surface area contributed by atoms with Crippen molar-refractivity contribution in [2.75, 3.05) is 13.0 Å². The fourth-order valence-corrected chi connectivity index (χ4v) is 3.20. The summed E-state index contributed by atoms with van der Waals surface area (Å²) < 4.78 is 12.6. The van der Waals surface area contributed by atoms with E-state index in [4.69, 9.17) is 9.47 Å². The smallest absolute Gasteiger partial charge is 0.231 e. The van der Waals surface area contributed by atoms with Gasteiger partial charge in [0.05, 0.1) is 13.0 Å². The second kappa shape index (κ2) is 7.12. The lowest BCUT2D eigenvalue weighted by Gasteiger charge is -2.13. The number of thioether (sulfide) groups is 1. The van der Waals surface area contributed by atoms with Crippen LogP contribution in [-0.2, 0) is 17.8 Å². The molecule has 0 bridgehead atoms. The molecule has 0 fully saturated rings. The third-order valence-electron chi connectivity index (χ3n) is 3.68. The second-order valence-corrected chi connectivity index (χ2v) is 6.48. The van der Waals surface area contributed by atoms with Crippen molar-refractivity contribution in [2.45, 2.75) is 38.0 Å². The molecule has 0 spiro atoms. The predicted molar refractivity (Wildman–Crippen MR) is 90.3 cm³/mol. The molecule has 0 saturated heterocycles. The first-order valence-electron chi connectivity index (χ1n) is 7.71. The van der Waals surface area contributed by atoms with E-state index in [2.05, 4.69) is 29.4 Å². The van der Waals surface area contributed by atoms with E-state index in [-0.39, 0.29) is 25.2 Å². The summed E-state index contributed by atoms with van der Waals surface area (Å²) in [4.78, 5) is 12.2. The van der Waals surface area contributed by atoms with Gasteiger partial charge in [0, 0.05) is 6.04 Å². The van der Waals surface area contributed by atoms with E-state index in [1.165, 1.54) is 0 Å². The standard InChI is InChI=1S/C16H20N4O3S/c1-10(2)20-14(18-19-16(20)24-3)8-17-15(21)7-11-4-5-12-13(6-11)23-9-22-12/h4-6,10H,7-9H2,1-3H3,(H,17,21). The highest BCUT2D eigenvalue weighted by Crippen LogP contribution is 2.32. The molecule has 3 rings (SSSR count). The number of hydrogen-bond acceptors (Lipinski definition) is 6. The third-order valence-corrected chi connectivity index (χ3v) is 4.32. The average Bonchev–Trinajstić information content (AvgIpc) is 3.18. The Bertz CT molecular complexity index is 745. The monoisotopic (exact) mass is 348 g/mol. The van der Waals surface area contributed by atoms with Crippen molar-refractivity contribution in [2.24, 2.45) is 0 Å². The van der Waals surface area contributed by atoms with Crippen molar-refractivity contribution in [1.29, 1.82) is 0 Å². The maximum absolute atomic E-state index is 12.2. The van der Waals surface area contributed by atoms with Crippen molar-refractivity contribution >= 4 is 17.7 Å². The molecular weight excluding hydrogens is 328 g/mol. The summed E-state index contributed by atoms with van der Waals surface area (Å²) in [5.74, 6) is 2.09. The quantitative estimate of drug-likeness (QED) is 0.806. The summed E-state index contributed by atoms with van der Waals surface area (Å²) in [6.45, 7) is 4.73. The molecule has 1 amide bonds. The van der Waals surface area contributed by atoms with Gasteiger partial charge in [0.25, 0.3) is 0 Å². The second-order valence-electron chi connectivity index (χ2n) is 5.71. The Hall–Kier alpha value is -2.22. The largest absolute Gasteiger partial charge is 0.454 e. The molecule has 1 aliphatic heterocycles. The van der Waals surface area contributed by atoms with Gasteiger partial charge in [0.2, 0.25) is 12.7 Å². The average molecular weight is 348 g/mol. The van der Waals surface area contributed by atoms with Gasteiger partial charge in [-0.1, -0.05) is 17.8 Å². The van der Waals surface area contributed by atoms with Crippen LogP contribution in [0.1, 0.15) is 31.3 Å². The van der Waals surface area contributed by atoms with Gasteiger partial charge in [-0.15, -0.1) is 10.2 Å². The number of rotatable bonds is 6. The Morgan fingerprint density at radius 3 is 2.88 bits per heavy atom. The molecule has 1 N–H and O–H groups in total. The Morgan fingerprint density at radius 2 is 2.12 bits per heavy atom. The van der Waals surface area contributed by atoms with Gasteiger partial charge in [0.15, 0.2) is 22.5 Å². The van der Waals surface area contributed by atoms with Crippen molar-refractivity contribution in [3.63, 3.8) is 0 Å². The normalized spacial score (nSPS) is 12.7. The fraction of sp³-hybridized carbons (Fsp3) is 0.438. The highest BCUT2D eigenvalue weighted by atomic mass is 32.2. The summed E-state index contributed by atoms with van der Waals surface area (Å²) in [6, 6.07) is 5.77. The first-order valence-corrected chi connectivity index (χ1v) is 8.94. The van der Waals surface area contributed by atoms with Crippen LogP contribution in [0.3, 0.4) is 0 Å². The highest BCUT2D eigenvalue weighted by Gasteiger charge is 2.16. The van der Waals surface area contributed by atoms with Crippen LogP contribution in [0, 0.1) is 0 Å². The van der Waals surface area contributed by atoms with Crippen molar-refractivity contribution in [3.05, 3.63) is 29.6 Å². The van der Waals surface area contributed by atoms with Gasteiger partial charge in [-0.3, -0.25) is 4.79 Å². The highest BCUT2D eigenvalue weighted by molar-refractivity contribution is 7.98. The van der Waals surface area contributed by atoms with Crippen LogP contribution >= 0.6 is 11.8 Å². The molecule has 128 valence electrons. The minimum absolute atomic E-state index is 0.0714. The number of aromatic nitrogens is 3. The molecule has 1 aromatic heterocycles. The molecule has 0 radical (unpaired) electrons. The fourth-order valence-electron chi connectivity index (χ4n) is 2.56. The zero-order valence-corrected chi connectivity index (χ0v) is 14.7. The van der Waals surface area contributed by atoms with Crippen LogP contribution in [0.15, 0.2) is 23.4 Å². The molecular formula is C16H20N4O3S. The molecule has 1 aromatic carbocycles. The first-order chi connectivity index (χ1) is 11.6. The lowest BCUT2D eigenvalue weighted by Crippen LogP contribution is -2.26. The van der Waals surface area contributed by atoms with Crippen molar-refractivity contribution < 1.29 is 14.3 Å². The lowest BCUT2D eigenvalue weighted by atomic mass is 10.1. The Labute approximate surface area is 144 Å². The van der Waals surface area contributed by atoms with Crippen molar-refractivity contribution in [3.8, 4) is 11.5 Å². The van der Waals surface area contributed by atoms with Crippen LogP contribution in [0.5, 0.6) is 11.5 Å². The molecule has 0 unspecified atom stereocenters. The number of carbonyl (C=O) groups is 1. The summed E-state index contributed by atoms with van der Waals surface area (Å²) >= 11 is 1.54. The Kier molecular flexibility index (Phi) is 4.94. The van der Waals surface area contributed by atoms with E-state index in [9.17, 15) is 4.79 Å². The molecule has 0 aliphatic carbocycles. The zero-order chi connectivity index (χ0) is 17.1. The summed E-state index contributed by atoms with van der Waals surface area (Å²) in [7, 11) is 0. The molecule has 1 aliphatic rings. The molecule has 0 atom stereocenters. The van der Waals surface area contributed by atoms with E-state index in [0.29, 0.717) is 18.0 Å². The maximum atomic E-state index is 12.2. The number of nitrogens with one attached hydrogen (secondary N) is 1. The van der Waals surface area contributed by atoms with E-state index < -0.39 is 0 Å². The van der Waals surface area contributed by atoms with Gasteiger partial charge in [-0.05, 0) is 37.8 Å². The number of carbonyl (C=O) groups excluding carboxylic acids is 1. The van der Waals surface area contributed by atoms with Gasteiger partial charge in [0.1, 0.15) is 0 Å². The Morgan fingerprint density at radius 1 is 1.33 bits per heavy atom. The number of nitrogens with zero attached hydrogens (tertiary/aromatic N) is 3. The van der Waals surface area contributed by atoms with E-state index in [1.54, 1.807) is 11.8 Å². The van der Waals surface area contributed by atoms with Gasteiger partial charge < -0.3 is 19.4 Å². The first kappa shape index (κ1) is 16.6. The van der Waals surface area contributed by atoms with Crippen LogP contribution < -0.4 is 14.8 Å². The molecule has 24 heavy (non-hydrogen) atoms. The van der Waals surface area contributed by atoms with Crippen LogP contribution in [0.25, 0.3) is 0 Å². The zero-order valence-electron chi connectivity index (χ0n) is 13.9. The van der Waals surface area contributed by atoms with E-state index in [1.807, 2.05) is 29.0 Å². The van der Waals surface area contributed by atoms with Crippen LogP contribution in [0.4, 0.5) is 0 Å². The number of fused-ring (bicyclic) bond motifs is 1. The predicted octanol–water partition coefficient (Wildman–Crippen LogP) is 2.17. The SMILES string of the molecule is CSc1nnc(CNC(=O)Cc2ccc3c(c2)OCO3)n1C(C)C. The van der Waals surface area contributed by atoms with Gasteiger partial charge >= 0.3 is 0 Å². The topological polar surface area (TPSA) is 78.3 Å². The maximum Gasteiger partial charge on any atom is 0.231 e.